The third-order valence-corrected chi connectivity index (χ3v) is 5.75. The fraction of sp³-hybridized carbons (Fsp3) is 0.182. The van der Waals surface area contributed by atoms with Crippen LogP contribution in [0.5, 0.6) is 0 Å². The van der Waals surface area contributed by atoms with Gasteiger partial charge >= 0.3 is 0 Å². The molecule has 2 N–H and O–H groups in total. The molecule has 9 heteroatoms. The van der Waals surface area contributed by atoms with Crippen molar-refractivity contribution in [2.24, 2.45) is 0 Å². The lowest BCUT2D eigenvalue weighted by Crippen LogP contribution is -2.33. The van der Waals surface area contributed by atoms with Gasteiger partial charge < -0.3 is 10.6 Å². The van der Waals surface area contributed by atoms with Gasteiger partial charge in [-0.1, -0.05) is 35.7 Å². The average molecular weight is 432 g/mol. The van der Waals surface area contributed by atoms with Crippen molar-refractivity contribution in [2.75, 3.05) is 17.2 Å². The second kappa shape index (κ2) is 7.45. The molecule has 8 nitrogen and oxygen atoms in total. The number of terminal acetylenes is 1. The van der Waals surface area contributed by atoms with E-state index < -0.39 is 0 Å². The molecule has 0 unspecified atom stereocenters. The fourth-order valence-corrected chi connectivity index (χ4v) is 4.31. The summed E-state index contributed by atoms with van der Waals surface area (Å²) in [5.74, 6) is 3.91. The van der Waals surface area contributed by atoms with Crippen molar-refractivity contribution in [2.45, 2.75) is 18.9 Å². The minimum Gasteiger partial charge on any atom is -0.368 e. The molecule has 154 valence electrons. The van der Waals surface area contributed by atoms with Gasteiger partial charge in [0.05, 0.1) is 28.5 Å². The standard InChI is InChI=1S/C22H18ClN7O/c1-2-14-13-25-22(24)26-19(14)28-11-6-9-17(28)20-27-29-12-10-16(23)18(29)21(31)30(20)15-7-4-3-5-8-15/h1,3-5,7-8,10,12-13,17H,6,9,11H2,(H2,24,25,26)/t17-/m0/s1. The molecule has 0 amide bonds. The third-order valence-electron chi connectivity index (χ3n) is 5.44. The van der Waals surface area contributed by atoms with Crippen molar-refractivity contribution in [3.05, 3.63) is 75.6 Å². The van der Waals surface area contributed by atoms with Crippen molar-refractivity contribution in [3.63, 3.8) is 0 Å². The molecule has 0 bridgehead atoms. The number of hydrogen-bond donors (Lipinski definition) is 1. The summed E-state index contributed by atoms with van der Waals surface area (Å²) < 4.78 is 3.15. The van der Waals surface area contributed by atoms with Crippen molar-refractivity contribution < 1.29 is 0 Å². The largest absolute Gasteiger partial charge is 0.368 e. The summed E-state index contributed by atoms with van der Waals surface area (Å²) in [4.78, 5) is 24.0. The van der Waals surface area contributed by atoms with E-state index in [-0.39, 0.29) is 17.5 Å². The number of benzene rings is 1. The van der Waals surface area contributed by atoms with Crippen LogP contribution in [0.25, 0.3) is 11.2 Å². The number of aromatic nitrogens is 5. The molecule has 1 aliphatic rings. The lowest BCUT2D eigenvalue weighted by Gasteiger charge is -2.28. The van der Waals surface area contributed by atoms with E-state index in [1.54, 1.807) is 23.0 Å². The van der Waals surface area contributed by atoms with Crippen LogP contribution in [0, 0.1) is 12.3 Å². The van der Waals surface area contributed by atoms with Crippen LogP contribution < -0.4 is 16.2 Å². The Hall–Kier alpha value is -3.83. The van der Waals surface area contributed by atoms with Gasteiger partial charge in [-0.2, -0.15) is 10.1 Å². The van der Waals surface area contributed by atoms with Crippen LogP contribution in [0.15, 0.2) is 53.6 Å². The Morgan fingerprint density at radius 3 is 2.81 bits per heavy atom. The number of halogens is 1. The van der Waals surface area contributed by atoms with Crippen LogP contribution in [0.3, 0.4) is 0 Å². The van der Waals surface area contributed by atoms with Gasteiger partial charge in [0.2, 0.25) is 5.95 Å². The fourth-order valence-electron chi connectivity index (χ4n) is 4.09. The molecule has 1 aliphatic heterocycles. The molecule has 0 spiro atoms. The topological polar surface area (TPSA) is 94.3 Å². The van der Waals surface area contributed by atoms with Crippen molar-refractivity contribution in [1.29, 1.82) is 0 Å². The summed E-state index contributed by atoms with van der Waals surface area (Å²) in [6.07, 6.45) is 10.6. The number of nitrogens with two attached hydrogens (primary N) is 1. The molecule has 5 rings (SSSR count). The highest BCUT2D eigenvalue weighted by atomic mass is 35.5. The Labute approximate surface area is 182 Å². The van der Waals surface area contributed by atoms with E-state index in [0.717, 1.165) is 12.8 Å². The molecule has 0 radical (unpaired) electrons. The minimum atomic E-state index is -0.238. The van der Waals surface area contributed by atoms with Gasteiger partial charge in [0, 0.05) is 12.7 Å². The third kappa shape index (κ3) is 3.10. The first-order valence-electron chi connectivity index (χ1n) is 9.79. The molecule has 1 saturated heterocycles. The predicted octanol–water partition coefficient (Wildman–Crippen LogP) is 2.83. The quantitative estimate of drug-likeness (QED) is 0.501. The molecular formula is C22H18ClN7O. The maximum Gasteiger partial charge on any atom is 0.284 e. The maximum atomic E-state index is 13.5. The van der Waals surface area contributed by atoms with Gasteiger partial charge in [0.1, 0.15) is 5.52 Å². The first kappa shape index (κ1) is 19.2. The number of rotatable bonds is 3. The monoisotopic (exact) mass is 431 g/mol. The SMILES string of the molecule is C#Cc1cnc(N)nc1N1CCC[C@H]1c1nn2ccc(Cl)c2c(=O)n1-c1ccccc1. The molecule has 1 atom stereocenters. The second-order valence-electron chi connectivity index (χ2n) is 7.25. The molecule has 4 aromatic rings. The zero-order valence-electron chi connectivity index (χ0n) is 16.4. The van der Waals surface area contributed by atoms with Gasteiger partial charge in [-0.05, 0) is 31.0 Å². The Morgan fingerprint density at radius 1 is 1.23 bits per heavy atom. The normalized spacial score (nSPS) is 16.0. The predicted molar refractivity (Wildman–Crippen MR) is 119 cm³/mol. The summed E-state index contributed by atoms with van der Waals surface area (Å²) in [5.41, 5.74) is 7.19. The van der Waals surface area contributed by atoms with E-state index in [9.17, 15) is 4.79 Å². The number of nitrogen functional groups attached to an aromatic ring is 1. The maximum absolute atomic E-state index is 13.5. The lowest BCUT2D eigenvalue weighted by atomic mass is 10.1. The van der Waals surface area contributed by atoms with E-state index in [0.29, 0.717) is 40.0 Å². The summed E-state index contributed by atoms with van der Waals surface area (Å²) in [5, 5.41) is 5.15. The molecule has 31 heavy (non-hydrogen) atoms. The number of nitrogens with zero attached hydrogens (tertiary/aromatic N) is 6. The molecule has 1 aromatic carbocycles. The van der Waals surface area contributed by atoms with E-state index in [2.05, 4.69) is 15.9 Å². The number of fused-ring (bicyclic) bond motifs is 1. The van der Waals surface area contributed by atoms with Gasteiger partial charge in [0.25, 0.3) is 5.56 Å². The number of para-hydroxylation sites is 1. The van der Waals surface area contributed by atoms with Crippen molar-refractivity contribution in [1.82, 2.24) is 24.1 Å². The number of hydrogen-bond acceptors (Lipinski definition) is 6. The summed E-state index contributed by atoms with van der Waals surface area (Å²) >= 11 is 6.29. The summed E-state index contributed by atoms with van der Waals surface area (Å²) in [7, 11) is 0. The Bertz CT molecular complexity index is 1390. The smallest absolute Gasteiger partial charge is 0.284 e. The van der Waals surface area contributed by atoms with Gasteiger partial charge in [-0.3, -0.25) is 9.36 Å². The minimum absolute atomic E-state index is 0.140. The van der Waals surface area contributed by atoms with Crippen LogP contribution in [0.4, 0.5) is 11.8 Å². The molecule has 3 aromatic heterocycles. The molecule has 1 fully saturated rings. The Kier molecular flexibility index (Phi) is 4.60. The molecule has 0 aliphatic carbocycles. The molecule has 4 heterocycles. The van der Waals surface area contributed by atoms with Crippen LogP contribution in [-0.4, -0.2) is 30.7 Å². The second-order valence-corrected chi connectivity index (χ2v) is 7.66. The first-order valence-corrected chi connectivity index (χ1v) is 10.2. The first-order chi connectivity index (χ1) is 15.1. The summed E-state index contributed by atoms with van der Waals surface area (Å²) in [6, 6.07) is 10.8. The van der Waals surface area contributed by atoms with E-state index in [1.807, 2.05) is 35.2 Å². The zero-order chi connectivity index (χ0) is 21.5. The van der Waals surface area contributed by atoms with Crippen LogP contribution in [0.1, 0.15) is 30.3 Å². The summed E-state index contributed by atoms with van der Waals surface area (Å²) in [6.45, 7) is 0.699. The van der Waals surface area contributed by atoms with Crippen LogP contribution in [-0.2, 0) is 0 Å². The van der Waals surface area contributed by atoms with Crippen molar-refractivity contribution in [3.8, 4) is 18.0 Å². The lowest BCUT2D eigenvalue weighted by molar-refractivity contribution is 0.601. The zero-order valence-corrected chi connectivity index (χ0v) is 17.2. The van der Waals surface area contributed by atoms with Crippen LogP contribution >= 0.6 is 11.6 Å². The van der Waals surface area contributed by atoms with E-state index in [1.165, 1.54) is 4.52 Å². The molecular weight excluding hydrogens is 414 g/mol. The highest BCUT2D eigenvalue weighted by molar-refractivity contribution is 6.33. The van der Waals surface area contributed by atoms with Gasteiger partial charge in [-0.15, -0.1) is 6.42 Å². The number of anilines is 2. The van der Waals surface area contributed by atoms with Crippen molar-refractivity contribution >= 4 is 28.9 Å². The average Bonchev–Trinajstić information content (AvgIpc) is 3.41. The highest BCUT2D eigenvalue weighted by Crippen LogP contribution is 2.36. The van der Waals surface area contributed by atoms with Gasteiger partial charge in [-0.25, -0.2) is 9.50 Å². The Balaban J connectivity index is 1.76. The Morgan fingerprint density at radius 2 is 2.03 bits per heavy atom. The molecule has 0 saturated carbocycles. The van der Waals surface area contributed by atoms with Gasteiger partial charge in [0.15, 0.2) is 11.6 Å². The van der Waals surface area contributed by atoms with E-state index in [4.69, 9.17) is 28.9 Å². The highest BCUT2D eigenvalue weighted by Gasteiger charge is 2.33. The van der Waals surface area contributed by atoms with E-state index >= 15 is 0 Å². The van der Waals surface area contributed by atoms with Crippen LogP contribution in [0.2, 0.25) is 5.02 Å².